The first-order valence-corrected chi connectivity index (χ1v) is 7.57. The van der Waals surface area contributed by atoms with Gasteiger partial charge in [-0.1, -0.05) is 44.2 Å². The first-order chi connectivity index (χ1) is 9.74. The molecule has 1 rings (SSSR count). The number of hydrogen-bond donors (Lipinski definition) is 2. The van der Waals surface area contributed by atoms with Crippen LogP contribution in [-0.4, -0.2) is 34.7 Å². The van der Waals surface area contributed by atoms with Crippen molar-refractivity contribution in [1.82, 2.24) is 10.2 Å². The van der Waals surface area contributed by atoms with Crippen LogP contribution in [0.25, 0.3) is 0 Å². The fourth-order valence-electron chi connectivity index (χ4n) is 2.31. The van der Waals surface area contributed by atoms with E-state index in [1.807, 2.05) is 37.3 Å². The van der Waals surface area contributed by atoms with Gasteiger partial charge < -0.3 is 15.3 Å². The summed E-state index contributed by atoms with van der Waals surface area (Å²) in [6.07, 6.45) is 0. The van der Waals surface area contributed by atoms with Gasteiger partial charge in [0.2, 0.25) is 0 Å². The number of benzene rings is 1. The van der Waals surface area contributed by atoms with Gasteiger partial charge in [0.25, 0.3) is 0 Å². The molecule has 1 unspecified atom stereocenters. The summed E-state index contributed by atoms with van der Waals surface area (Å²) >= 11 is 0. The highest BCUT2D eigenvalue weighted by Crippen LogP contribution is 2.21. The summed E-state index contributed by atoms with van der Waals surface area (Å²) in [5, 5.41) is 13.0. The molecule has 4 heteroatoms. The largest absolute Gasteiger partial charge is 0.389 e. The number of likely N-dealkylation sites (N-methyl/N-ethyl adjacent to an activating group) is 1. The van der Waals surface area contributed by atoms with Crippen molar-refractivity contribution in [3.05, 3.63) is 35.9 Å². The molecule has 0 aliphatic carbocycles. The van der Waals surface area contributed by atoms with E-state index in [2.05, 4.69) is 19.2 Å². The predicted octanol–water partition coefficient (Wildman–Crippen LogP) is 3.19. The maximum atomic E-state index is 12.4. The van der Waals surface area contributed by atoms with Crippen molar-refractivity contribution in [1.29, 1.82) is 0 Å². The smallest absolute Gasteiger partial charge is 0.317 e. The van der Waals surface area contributed by atoms with E-state index in [0.717, 1.165) is 5.56 Å². The van der Waals surface area contributed by atoms with Crippen molar-refractivity contribution in [3.63, 3.8) is 0 Å². The minimum Gasteiger partial charge on any atom is -0.389 e. The Morgan fingerprint density at radius 1 is 1.29 bits per heavy atom. The van der Waals surface area contributed by atoms with Crippen LogP contribution in [0.1, 0.15) is 46.2 Å². The Kier molecular flexibility index (Phi) is 6.21. The van der Waals surface area contributed by atoms with Gasteiger partial charge in [-0.05, 0) is 32.3 Å². The molecule has 0 aliphatic rings. The summed E-state index contributed by atoms with van der Waals surface area (Å²) in [4.78, 5) is 14.1. The average molecular weight is 292 g/mol. The molecule has 0 bridgehead atoms. The second kappa shape index (κ2) is 7.46. The number of amides is 2. The second-order valence-corrected chi connectivity index (χ2v) is 6.41. The first-order valence-electron chi connectivity index (χ1n) is 7.57. The van der Waals surface area contributed by atoms with Crippen LogP contribution in [0, 0.1) is 5.92 Å². The van der Waals surface area contributed by atoms with Gasteiger partial charge in [0.15, 0.2) is 0 Å². The Labute approximate surface area is 128 Å². The summed E-state index contributed by atoms with van der Waals surface area (Å²) < 4.78 is 0. The third kappa shape index (κ3) is 5.76. The van der Waals surface area contributed by atoms with Crippen molar-refractivity contribution in [2.75, 3.05) is 13.1 Å². The molecule has 1 aromatic carbocycles. The number of rotatable bonds is 6. The van der Waals surface area contributed by atoms with Crippen LogP contribution in [-0.2, 0) is 0 Å². The number of urea groups is 1. The molecule has 4 nitrogen and oxygen atoms in total. The molecule has 2 amide bonds. The van der Waals surface area contributed by atoms with E-state index in [1.165, 1.54) is 0 Å². The molecular formula is C17H28N2O2. The molecule has 0 heterocycles. The lowest BCUT2D eigenvalue weighted by Crippen LogP contribution is -2.48. The third-order valence-corrected chi connectivity index (χ3v) is 3.35. The van der Waals surface area contributed by atoms with E-state index in [0.29, 0.717) is 13.1 Å². The Morgan fingerprint density at radius 3 is 2.29 bits per heavy atom. The quantitative estimate of drug-likeness (QED) is 0.846. The molecule has 0 aliphatic heterocycles. The first kappa shape index (κ1) is 17.5. The Morgan fingerprint density at radius 2 is 1.86 bits per heavy atom. The summed E-state index contributed by atoms with van der Waals surface area (Å²) in [5.74, 6) is 0.289. The van der Waals surface area contributed by atoms with Crippen molar-refractivity contribution in [2.24, 2.45) is 5.92 Å². The van der Waals surface area contributed by atoms with Gasteiger partial charge in [-0.25, -0.2) is 4.79 Å². The van der Waals surface area contributed by atoms with Crippen molar-refractivity contribution in [3.8, 4) is 0 Å². The monoisotopic (exact) mass is 292 g/mol. The molecule has 21 heavy (non-hydrogen) atoms. The van der Waals surface area contributed by atoms with E-state index in [1.54, 1.807) is 18.7 Å². The molecule has 1 aromatic rings. The van der Waals surface area contributed by atoms with Crippen LogP contribution in [0.2, 0.25) is 0 Å². The van der Waals surface area contributed by atoms with Crippen LogP contribution < -0.4 is 5.32 Å². The van der Waals surface area contributed by atoms with Crippen LogP contribution in [0.5, 0.6) is 0 Å². The summed E-state index contributed by atoms with van der Waals surface area (Å²) in [7, 11) is 0. The van der Waals surface area contributed by atoms with Gasteiger partial charge in [-0.15, -0.1) is 0 Å². The summed E-state index contributed by atoms with van der Waals surface area (Å²) in [6, 6.07) is 9.80. The van der Waals surface area contributed by atoms with Gasteiger partial charge >= 0.3 is 6.03 Å². The van der Waals surface area contributed by atoms with E-state index < -0.39 is 5.60 Å². The lowest BCUT2D eigenvalue weighted by Gasteiger charge is -2.31. The van der Waals surface area contributed by atoms with Gasteiger partial charge in [0, 0.05) is 6.54 Å². The zero-order valence-electron chi connectivity index (χ0n) is 13.8. The number of carbonyl (C=O) groups excluding carboxylic acids is 1. The second-order valence-electron chi connectivity index (χ2n) is 6.41. The van der Waals surface area contributed by atoms with E-state index in [-0.39, 0.29) is 18.0 Å². The standard InChI is InChI=1S/C17H28N2O2/c1-6-19(12-17(4,5)21)16(20)18-15(13(2)3)14-10-8-7-9-11-14/h7-11,13,15,21H,6,12H2,1-5H3,(H,18,20). The van der Waals surface area contributed by atoms with Gasteiger partial charge in [-0.2, -0.15) is 0 Å². The molecule has 118 valence electrons. The van der Waals surface area contributed by atoms with Gasteiger partial charge in [0.05, 0.1) is 18.2 Å². The number of aliphatic hydroxyl groups is 1. The van der Waals surface area contributed by atoms with Crippen LogP contribution in [0.15, 0.2) is 30.3 Å². The highest BCUT2D eigenvalue weighted by atomic mass is 16.3. The molecule has 0 saturated heterocycles. The average Bonchev–Trinajstić information content (AvgIpc) is 2.41. The molecular weight excluding hydrogens is 264 g/mol. The third-order valence-electron chi connectivity index (χ3n) is 3.35. The van der Waals surface area contributed by atoms with Crippen molar-refractivity contribution >= 4 is 6.03 Å². The molecule has 0 saturated carbocycles. The van der Waals surface area contributed by atoms with Crippen molar-refractivity contribution < 1.29 is 9.90 Å². The van der Waals surface area contributed by atoms with E-state index in [4.69, 9.17) is 0 Å². The SMILES string of the molecule is CCN(CC(C)(C)O)C(=O)NC(c1ccccc1)C(C)C. The number of nitrogens with one attached hydrogen (secondary N) is 1. The lowest BCUT2D eigenvalue weighted by atomic mass is 9.96. The Hall–Kier alpha value is -1.55. The zero-order valence-corrected chi connectivity index (χ0v) is 13.8. The normalized spacial score (nSPS) is 13.1. The van der Waals surface area contributed by atoms with Crippen LogP contribution in [0.4, 0.5) is 4.79 Å². The van der Waals surface area contributed by atoms with E-state index >= 15 is 0 Å². The van der Waals surface area contributed by atoms with Crippen LogP contribution >= 0.6 is 0 Å². The summed E-state index contributed by atoms with van der Waals surface area (Å²) in [6.45, 7) is 10.4. The number of carbonyl (C=O) groups is 1. The van der Waals surface area contributed by atoms with Crippen molar-refractivity contribution in [2.45, 2.75) is 46.3 Å². The lowest BCUT2D eigenvalue weighted by molar-refractivity contribution is 0.0473. The highest BCUT2D eigenvalue weighted by Gasteiger charge is 2.24. The Bertz CT molecular complexity index is 438. The molecule has 0 radical (unpaired) electrons. The number of hydrogen-bond acceptors (Lipinski definition) is 2. The summed E-state index contributed by atoms with van der Waals surface area (Å²) in [5.41, 5.74) is 0.202. The molecule has 0 spiro atoms. The van der Waals surface area contributed by atoms with Gasteiger partial charge in [0.1, 0.15) is 0 Å². The highest BCUT2D eigenvalue weighted by molar-refractivity contribution is 5.74. The van der Waals surface area contributed by atoms with Crippen LogP contribution in [0.3, 0.4) is 0 Å². The molecule has 0 aromatic heterocycles. The molecule has 1 atom stereocenters. The zero-order chi connectivity index (χ0) is 16.0. The topological polar surface area (TPSA) is 52.6 Å². The minimum atomic E-state index is -0.895. The fourth-order valence-corrected chi connectivity index (χ4v) is 2.31. The maximum absolute atomic E-state index is 12.4. The Balaban J connectivity index is 2.81. The predicted molar refractivity (Wildman–Crippen MR) is 86.1 cm³/mol. The van der Waals surface area contributed by atoms with Gasteiger partial charge in [-0.3, -0.25) is 0 Å². The molecule has 0 fully saturated rings. The fraction of sp³-hybridized carbons (Fsp3) is 0.588. The van der Waals surface area contributed by atoms with E-state index in [9.17, 15) is 9.90 Å². The molecule has 2 N–H and O–H groups in total. The number of nitrogens with zero attached hydrogens (tertiary/aromatic N) is 1. The maximum Gasteiger partial charge on any atom is 0.317 e. The minimum absolute atomic E-state index is 0.0328.